The summed E-state index contributed by atoms with van der Waals surface area (Å²) in [7, 11) is 1.57. The molecule has 0 fully saturated rings. The number of carbonyl (C=O) groups is 4. The van der Waals surface area contributed by atoms with Crippen LogP contribution in [0.3, 0.4) is 0 Å². The van der Waals surface area contributed by atoms with Gasteiger partial charge in [-0.2, -0.15) is 0 Å². The van der Waals surface area contributed by atoms with Gasteiger partial charge in [0.15, 0.2) is 0 Å². The Morgan fingerprint density at radius 1 is 0.766 bits per heavy atom. The Hall–Kier alpha value is -6.07. The number of nitrogens with one attached hydrogen (secondary N) is 3. The Morgan fingerprint density at radius 3 is 2.13 bits per heavy atom. The first kappa shape index (κ1) is 32.3. The Morgan fingerprint density at radius 2 is 1.43 bits per heavy atom. The number of hydrogen-bond acceptors (Lipinski definition) is 7. The molecule has 0 atom stereocenters. The number of carbonyl (C=O) groups excluding carboxylic acids is 3. The molecule has 5 aromatic rings. The van der Waals surface area contributed by atoms with Gasteiger partial charge in [0.1, 0.15) is 23.0 Å². The lowest BCUT2D eigenvalue weighted by Crippen LogP contribution is -2.30. The average Bonchev–Trinajstić information content (AvgIpc) is 3.56. The zero-order valence-electron chi connectivity index (χ0n) is 25.1. The van der Waals surface area contributed by atoms with Crippen molar-refractivity contribution in [3.05, 3.63) is 138 Å². The van der Waals surface area contributed by atoms with Crippen molar-refractivity contribution in [3.63, 3.8) is 0 Å². The average molecular weight is 648 g/mol. The molecule has 0 radical (unpaired) electrons. The SMILES string of the molecule is COc1ccccc1-c1ccc(C=C(NC(=O)c2ccccc2)C(=O)Nc2ccc(SCC(=O)Nc3ccc(C(=O)O)cc3)cc2)o1. The van der Waals surface area contributed by atoms with Crippen LogP contribution in [0.25, 0.3) is 17.4 Å². The molecule has 0 saturated carbocycles. The summed E-state index contributed by atoms with van der Waals surface area (Å²) in [6, 6.07) is 32.1. The molecule has 4 aromatic carbocycles. The third kappa shape index (κ3) is 8.77. The van der Waals surface area contributed by atoms with Gasteiger partial charge in [0, 0.05) is 27.9 Å². The molecule has 0 saturated heterocycles. The second kappa shape index (κ2) is 15.3. The topological polar surface area (TPSA) is 147 Å². The van der Waals surface area contributed by atoms with Crippen molar-refractivity contribution in [2.75, 3.05) is 23.5 Å². The van der Waals surface area contributed by atoms with E-state index in [1.807, 2.05) is 24.3 Å². The number of rotatable bonds is 12. The molecule has 0 aliphatic rings. The number of methoxy groups -OCH3 is 1. The van der Waals surface area contributed by atoms with Crippen LogP contribution in [0, 0.1) is 0 Å². The molecule has 0 unspecified atom stereocenters. The van der Waals surface area contributed by atoms with Crippen molar-refractivity contribution in [2.45, 2.75) is 4.90 Å². The fourth-order valence-corrected chi connectivity index (χ4v) is 5.08. The molecular formula is C36H29N3O7S. The maximum atomic E-state index is 13.4. The summed E-state index contributed by atoms with van der Waals surface area (Å²) in [4.78, 5) is 50.6. The van der Waals surface area contributed by atoms with E-state index in [1.54, 1.807) is 73.8 Å². The van der Waals surface area contributed by atoms with Gasteiger partial charge in [0.2, 0.25) is 5.91 Å². The van der Waals surface area contributed by atoms with Crippen molar-refractivity contribution in [2.24, 2.45) is 0 Å². The molecule has 0 bridgehead atoms. The highest BCUT2D eigenvalue weighted by molar-refractivity contribution is 8.00. The summed E-state index contributed by atoms with van der Waals surface area (Å²) in [6.45, 7) is 0. The van der Waals surface area contributed by atoms with E-state index < -0.39 is 17.8 Å². The maximum absolute atomic E-state index is 13.4. The second-order valence-corrected chi connectivity index (χ2v) is 11.0. The minimum Gasteiger partial charge on any atom is -0.496 e. The van der Waals surface area contributed by atoms with Crippen molar-refractivity contribution in [3.8, 4) is 17.1 Å². The molecule has 47 heavy (non-hydrogen) atoms. The van der Waals surface area contributed by atoms with Gasteiger partial charge in [0.25, 0.3) is 11.8 Å². The van der Waals surface area contributed by atoms with E-state index >= 15 is 0 Å². The van der Waals surface area contributed by atoms with Crippen LogP contribution >= 0.6 is 11.8 Å². The molecule has 1 aromatic heterocycles. The highest BCUT2D eigenvalue weighted by Crippen LogP contribution is 2.31. The van der Waals surface area contributed by atoms with Crippen LogP contribution in [0.2, 0.25) is 0 Å². The molecule has 0 spiro atoms. The van der Waals surface area contributed by atoms with E-state index in [9.17, 15) is 19.2 Å². The summed E-state index contributed by atoms with van der Waals surface area (Å²) in [5.41, 5.74) is 2.17. The number of para-hydroxylation sites is 1. The number of carboxylic acid groups (broad SMARTS) is 1. The van der Waals surface area contributed by atoms with Gasteiger partial charge in [-0.1, -0.05) is 30.3 Å². The molecular weight excluding hydrogens is 618 g/mol. The minimum absolute atomic E-state index is 0.0358. The lowest BCUT2D eigenvalue weighted by Gasteiger charge is -2.11. The largest absolute Gasteiger partial charge is 0.496 e. The van der Waals surface area contributed by atoms with E-state index in [1.165, 1.54) is 42.1 Å². The first-order valence-corrected chi connectivity index (χ1v) is 15.3. The molecule has 3 amide bonds. The van der Waals surface area contributed by atoms with Crippen molar-refractivity contribution in [1.29, 1.82) is 0 Å². The second-order valence-electron chi connectivity index (χ2n) is 9.98. The number of furan rings is 1. The lowest BCUT2D eigenvalue weighted by molar-refractivity contribution is -0.114. The molecule has 11 heteroatoms. The zero-order valence-corrected chi connectivity index (χ0v) is 25.9. The maximum Gasteiger partial charge on any atom is 0.335 e. The summed E-state index contributed by atoms with van der Waals surface area (Å²) < 4.78 is 11.4. The minimum atomic E-state index is -1.04. The van der Waals surface area contributed by atoms with Gasteiger partial charge >= 0.3 is 5.97 Å². The van der Waals surface area contributed by atoms with Gasteiger partial charge in [-0.3, -0.25) is 14.4 Å². The van der Waals surface area contributed by atoms with Crippen molar-refractivity contribution >= 4 is 52.9 Å². The van der Waals surface area contributed by atoms with Gasteiger partial charge in [-0.15, -0.1) is 11.8 Å². The van der Waals surface area contributed by atoms with Crippen LogP contribution in [0.15, 0.2) is 130 Å². The molecule has 0 aliphatic heterocycles. The Bertz CT molecular complexity index is 1920. The quantitative estimate of drug-likeness (QED) is 0.0855. The fraction of sp³-hybridized carbons (Fsp3) is 0.0556. The number of benzene rings is 4. The van der Waals surface area contributed by atoms with Crippen LogP contribution in [-0.2, 0) is 9.59 Å². The van der Waals surface area contributed by atoms with E-state index in [2.05, 4.69) is 16.0 Å². The fourth-order valence-electron chi connectivity index (χ4n) is 4.38. The van der Waals surface area contributed by atoms with E-state index in [-0.39, 0.29) is 22.9 Å². The monoisotopic (exact) mass is 647 g/mol. The third-order valence-corrected chi connectivity index (χ3v) is 7.72. The summed E-state index contributed by atoms with van der Waals surface area (Å²) in [6.07, 6.45) is 1.45. The van der Waals surface area contributed by atoms with Crippen LogP contribution in [0.5, 0.6) is 5.75 Å². The molecule has 0 aliphatic carbocycles. The first-order valence-electron chi connectivity index (χ1n) is 14.3. The summed E-state index contributed by atoms with van der Waals surface area (Å²) in [5, 5.41) is 17.2. The molecule has 10 nitrogen and oxygen atoms in total. The molecule has 1 heterocycles. The van der Waals surface area contributed by atoms with Crippen LogP contribution in [0.1, 0.15) is 26.5 Å². The predicted molar refractivity (Wildman–Crippen MR) is 180 cm³/mol. The van der Waals surface area contributed by atoms with Gasteiger partial charge in [-0.05, 0) is 84.9 Å². The zero-order chi connectivity index (χ0) is 33.2. The smallest absolute Gasteiger partial charge is 0.335 e. The standard InChI is InChI=1S/C36H29N3O7S/c1-45-31-10-6-5-9-29(31)32-20-17-27(46-32)21-30(39-34(41)23-7-3-2-4-8-23)35(42)38-26-15-18-28(19-16-26)47-22-33(40)37-25-13-11-24(12-14-25)36(43)44/h2-21H,22H2,1H3,(H,37,40)(H,38,42)(H,39,41)(H,43,44). The van der Waals surface area contributed by atoms with E-state index in [0.717, 1.165) is 10.5 Å². The number of carboxylic acids is 1. The number of hydrogen-bond donors (Lipinski definition) is 4. The Balaban J connectivity index is 1.26. The van der Waals surface area contributed by atoms with E-state index in [0.29, 0.717) is 34.2 Å². The number of aromatic carboxylic acids is 1. The third-order valence-electron chi connectivity index (χ3n) is 6.71. The number of amides is 3. The molecule has 5 rings (SSSR count). The Kier molecular flexibility index (Phi) is 10.5. The van der Waals surface area contributed by atoms with Crippen LogP contribution < -0.4 is 20.7 Å². The van der Waals surface area contributed by atoms with Crippen molar-refractivity contribution in [1.82, 2.24) is 5.32 Å². The molecule has 236 valence electrons. The summed E-state index contributed by atoms with van der Waals surface area (Å²) in [5.74, 6) is -0.727. The number of anilines is 2. The summed E-state index contributed by atoms with van der Waals surface area (Å²) >= 11 is 1.29. The first-order chi connectivity index (χ1) is 22.8. The van der Waals surface area contributed by atoms with Gasteiger partial charge < -0.3 is 30.2 Å². The van der Waals surface area contributed by atoms with Gasteiger partial charge in [0.05, 0.1) is 24.0 Å². The van der Waals surface area contributed by atoms with Crippen LogP contribution in [0.4, 0.5) is 11.4 Å². The number of thioether (sulfide) groups is 1. The van der Waals surface area contributed by atoms with Crippen molar-refractivity contribution < 1.29 is 33.4 Å². The normalized spacial score (nSPS) is 11.0. The molecule has 4 N–H and O–H groups in total. The van der Waals surface area contributed by atoms with Gasteiger partial charge in [-0.25, -0.2) is 4.79 Å². The highest BCUT2D eigenvalue weighted by atomic mass is 32.2. The highest BCUT2D eigenvalue weighted by Gasteiger charge is 2.17. The Labute approximate surface area is 274 Å². The lowest BCUT2D eigenvalue weighted by atomic mass is 10.1. The number of ether oxygens (including phenoxy) is 1. The predicted octanol–water partition coefficient (Wildman–Crippen LogP) is 6.79. The van der Waals surface area contributed by atoms with Crippen LogP contribution in [-0.4, -0.2) is 41.7 Å². The van der Waals surface area contributed by atoms with E-state index in [4.69, 9.17) is 14.3 Å².